The molecule has 1 aliphatic rings. The lowest BCUT2D eigenvalue weighted by Crippen LogP contribution is -2.25. The standard InChI is InChI=1S/C29H25ClN6OS2.ClH/c1-17-18(2)38-29-26(17)27(20-8-10-21(30)11-9-20)33-24(28-35-34-19(3)36(28)29)16-25(37)32-15-5-7-23-13-12-22(39-23)6-4-14-31;/h8-13,24H,14-16,31H2,1-3H3,(H,32,37);1H/t24-;/m0./s1. The van der Waals surface area contributed by atoms with Gasteiger partial charge in [-0.1, -0.05) is 47.4 Å². The van der Waals surface area contributed by atoms with Crippen LogP contribution in [0, 0.1) is 44.5 Å². The number of amides is 1. The highest BCUT2D eigenvalue weighted by Crippen LogP contribution is 2.39. The number of carbonyl (C=O) groups excluding carboxylic acids is 1. The quantitative estimate of drug-likeness (QED) is 0.313. The van der Waals surface area contributed by atoms with Crippen molar-refractivity contribution in [2.75, 3.05) is 13.1 Å². The summed E-state index contributed by atoms with van der Waals surface area (Å²) in [6, 6.07) is 10.9. The van der Waals surface area contributed by atoms with Crippen molar-refractivity contribution in [3.05, 3.63) is 84.4 Å². The lowest BCUT2D eigenvalue weighted by molar-refractivity contribution is -0.121. The zero-order valence-electron chi connectivity index (χ0n) is 22.0. The molecule has 7 nitrogen and oxygen atoms in total. The Balaban J connectivity index is 0.00000370. The molecule has 204 valence electrons. The summed E-state index contributed by atoms with van der Waals surface area (Å²) < 4.78 is 2.03. The molecule has 4 heterocycles. The molecule has 5 rings (SSSR count). The monoisotopic (exact) mass is 608 g/mol. The third-order valence-corrected chi connectivity index (χ3v) is 8.60. The van der Waals surface area contributed by atoms with Crippen LogP contribution in [-0.2, 0) is 4.79 Å². The van der Waals surface area contributed by atoms with E-state index in [9.17, 15) is 4.79 Å². The summed E-state index contributed by atoms with van der Waals surface area (Å²) >= 11 is 9.35. The summed E-state index contributed by atoms with van der Waals surface area (Å²) in [7, 11) is 0. The molecule has 0 bridgehead atoms. The van der Waals surface area contributed by atoms with Crippen molar-refractivity contribution in [3.63, 3.8) is 0 Å². The fraction of sp³-hybridized carbons (Fsp3) is 0.241. The zero-order chi connectivity index (χ0) is 27.5. The highest BCUT2D eigenvalue weighted by molar-refractivity contribution is 7.15. The summed E-state index contributed by atoms with van der Waals surface area (Å²) in [5.74, 6) is 13.1. The Kier molecular flexibility index (Phi) is 9.47. The maximum absolute atomic E-state index is 13.0. The molecule has 0 fully saturated rings. The van der Waals surface area contributed by atoms with Crippen molar-refractivity contribution in [2.45, 2.75) is 33.2 Å². The van der Waals surface area contributed by atoms with E-state index in [4.69, 9.17) is 22.3 Å². The molecule has 3 N–H and O–H groups in total. The van der Waals surface area contributed by atoms with E-state index in [1.54, 1.807) is 11.3 Å². The first-order chi connectivity index (χ1) is 18.9. The Morgan fingerprint density at radius 2 is 1.75 bits per heavy atom. The Morgan fingerprint density at radius 3 is 2.45 bits per heavy atom. The number of aliphatic imine (C=N–C) groups is 1. The molecule has 11 heteroatoms. The molecule has 3 aromatic heterocycles. The topological polar surface area (TPSA) is 98.2 Å². The van der Waals surface area contributed by atoms with E-state index < -0.39 is 6.04 Å². The van der Waals surface area contributed by atoms with Crippen LogP contribution in [0.5, 0.6) is 0 Å². The van der Waals surface area contributed by atoms with Gasteiger partial charge in [0.1, 0.15) is 16.9 Å². The van der Waals surface area contributed by atoms with Gasteiger partial charge in [0.25, 0.3) is 0 Å². The molecule has 0 spiro atoms. The molecular weight excluding hydrogens is 583 g/mol. The normalized spacial score (nSPS) is 13.3. The SMILES string of the molecule is Cc1sc2c(c1C)C(c1ccc(Cl)cc1)=N[C@@H](CC(=O)NCC#Cc1ccc(C#CCN)s1)c1nnc(C)n1-2.Cl. The summed E-state index contributed by atoms with van der Waals surface area (Å²) in [6.07, 6.45) is 0.113. The van der Waals surface area contributed by atoms with E-state index in [1.807, 2.05) is 47.9 Å². The number of hydrogen-bond donors (Lipinski definition) is 2. The molecule has 1 atom stereocenters. The van der Waals surface area contributed by atoms with Crippen LogP contribution in [0.1, 0.15) is 55.4 Å². The first kappa shape index (κ1) is 29.5. The van der Waals surface area contributed by atoms with Gasteiger partial charge < -0.3 is 11.1 Å². The van der Waals surface area contributed by atoms with Crippen molar-refractivity contribution < 1.29 is 4.79 Å². The molecule has 1 amide bonds. The minimum absolute atomic E-state index is 0. The molecule has 0 saturated heterocycles. The number of aryl methyl sites for hydroxylation is 2. The van der Waals surface area contributed by atoms with Crippen molar-refractivity contribution in [3.8, 4) is 28.7 Å². The smallest absolute Gasteiger partial charge is 0.223 e. The lowest BCUT2D eigenvalue weighted by atomic mass is 9.99. The first-order valence-electron chi connectivity index (χ1n) is 12.3. The Bertz CT molecular complexity index is 1710. The number of nitrogens with one attached hydrogen (secondary N) is 1. The third-order valence-electron chi connectivity index (χ3n) is 6.24. The van der Waals surface area contributed by atoms with E-state index in [1.165, 1.54) is 16.2 Å². The van der Waals surface area contributed by atoms with Gasteiger partial charge in [-0.05, 0) is 50.6 Å². The van der Waals surface area contributed by atoms with E-state index in [0.717, 1.165) is 43.0 Å². The zero-order valence-corrected chi connectivity index (χ0v) is 25.2. The highest BCUT2D eigenvalue weighted by Gasteiger charge is 2.32. The minimum Gasteiger partial charge on any atom is -0.345 e. The molecule has 0 aliphatic carbocycles. The number of hydrogen-bond acceptors (Lipinski definition) is 7. The van der Waals surface area contributed by atoms with Gasteiger partial charge in [0, 0.05) is 21.0 Å². The van der Waals surface area contributed by atoms with Crippen LogP contribution in [0.4, 0.5) is 0 Å². The van der Waals surface area contributed by atoms with Crippen molar-refractivity contribution in [2.24, 2.45) is 10.7 Å². The molecule has 0 radical (unpaired) electrons. The van der Waals surface area contributed by atoms with Crippen LogP contribution < -0.4 is 11.1 Å². The number of nitrogens with two attached hydrogens (primary N) is 1. The van der Waals surface area contributed by atoms with Crippen molar-refractivity contribution >= 4 is 58.3 Å². The minimum atomic E-state index is -0.523. The highest BCUT2D eigenvalue weighted by atomic mass is 35.5. The number of carbonyl (C=O) groups is 1. The Labute approximate surface area is 252 Å². The Morgan fingerprint density at radius 1 is 1.05 bits per heavy atom. The van der Waals surface area contributed by atoms with Crippen LogP contribution in [0.25, 0.3) is 5.00 Å². The van der Waals surface area contributed by atoms with Gasteiger partial charge in [0.15, 0.2) is 5.82 Å². The van der Waals surface area contributed by atoms with Crippen LogP contribution >= 0.6 is 46.7 Å². The van der Waals surface area contributed by atoms with Crippen molar-refractivity contribution in [1.29, 1.82) is 0 Å². The van der Waals surface area contributed by atoms with Gasteiger partial charge in [-0.15, -0.1) is 45.3 Å². The van der Waals surface area contributed by atoms with Crippen LogP contribution in [0.2, 0.25) is 5.02 Å². The maximum atomic E-state index is 13.0. The molecule has 1 aliphatic heterocycles. The first-order valence-corrected chi connectivity index (χ1v) is 14.3. The van der Waals surface area contributed by atoms with Crippen LogP contribution in [0.15, 0.2) is 41.4 Å². The van der Waals surface area contributed by atoms with Gasteiger partial charge in [-0.2, -0.15) is 0 Å². The number of nitrogens with zero attached hydrogens (tertiary/aromatic N) is 4. The molecular formula is C29H26Cl2N6OS2. The average Bonchev–Trinajstić information content (AvgIpc) is 3.59. The van der Waals surface area contributed by atoms with Gasteiger partial charge in [0.2, 0.25) is 5.91 Å². The molecule has 40 heavy (non-hydrogen) atoms. The average molecular weight is 610 g/mol. The predicted molar refractivity (Wildman–Crippen MR) is 165 cm³/mol. The fourth-order valence-electron chi connectivity index (χ4n) is 4.26. The van der Waals surface area contributed by atoms with E-state index in [0.29, 0.717) is 17.4 Å². The number of thiophene rings is 2. The second-order valence-electron chi connectivity index (χ2n) is 8.86. The van der Waals surface area contributed by atoms with E-state index in [-0.39, 0.29) is 31.3 Å². The number of halogens is 2. The molecule has 0 saturated carbocycles. The van der Waals surface area contributed by atoms with Crippen molar-refractivity contribution in [1.82, 2.24) is 20.1 Å². The summed E-state index contributed by atoms with van der Waals surface area (Å²) in [5.41, 5.74) is 9.35. The summed E-state index contributed by atoms with van der Waals surface area (Å²) in [5, 5.41) is 13.4. The van der Waals surface area contributed by atoms with Crippen LogP contribution in [-0.4, -0.2) is 39.5 Å². The Hall–Kier alpha value is -3.44. The molecule has 0 unspecified atom stereocenters. The number of rotatable bonds is 4. The maximum Gasteiger partial charge on any atom is 0.223 e. The van der Waals surface area contributed by atoms with E-state index in [2.05, 4.69) is 53.0 Å². The number of aromatic nitrogens is 3. The molecule has 4 aromatic rings. The number of fused-ring (bicyclic) bond motifs is 3. The number of benzene rings is 1. The van der Waals surface area contributed by atoms with Gasteiger partial charge >= 0.3 is 0 Å². The second-order valence-corrected chi connectivity index (χ2v) is 11.6. The summed E-state index contributed by atoms with van der Waals surface area (Å²) in [4.78, 5) is 21.2. The van der Waals surface area contributed by atoms with Crippen LogP contribution in [0.3, 0.4) is 0 Å². The largest absolute Gasteiger partial charge is 0.345 e. The van der Waals surface area contributed by atoms with Gasteiger partial charge in [0.05, 0.1) is 35.0 Å². The third kappa shape index (κ3) is 6.15. The van der Waals surface area contributed by atoms with Gasteiger partial charge in [-0.25, -0.2) is 0 Å². The predicted octanol–water partition coefficient (Wildman–Crippen LogP) is 5.15. The molecule has 1 aromatic carbocycles. The van der Waals surface area contributed by atoms with E-state index >= 15 is 0 Å². The summed E-state index contributed by atoms with van der Waals surface area (Å²) in [6.45, 7) is 6.66. The second kappa shape index (κ2) is 12.8. The fourth-order valence-corrected chi connectivity index (χ4v) is 6.36. The van der Waals surface area contributed by atoms with Gasteiger partial charge in [-0.3, -0.25) is 14.4 Å². The lowest BCUT2D eigenvalue weighted by Gasteiger charge is -2.12.